The van der Waals surface area contributed by atoms with Gasteiger partial charge in [-0.2, -0.15) is 0 Å². The molecule has 32 heavy (non-hydrogen) atoms. The Labute approximate surface area is 189 Å². The fourth-order valence-corrected chi connectivity index (χ4v) is 6.71. The number of likely N-dealkylation sites (tertiary alicyclic amines) is 1. The van der Waals surface area contributed by atoms with E-state index in [2.05, 4.69) is 0 Å². The number of amides is 5. The molecule has 2 saturated carbocycles. The number of ether oxygens (including phenoxy) is 1. The highest BCUT2D eigenvalue weighted by Gasteiger charge is 2.52. The third-order valence-corrected chi connectivity index (χ3v) is 8.42. The van der Waals surface area contributed by atoms with Crippen LogP contribution in [0.5, 0.6) is 0 Å². The van der Waals surface area contributed by atoms with Gasteiger partial charge in [-0.1, -0.05) is 6.42 Å². The van der Waals surface area contributed by atoms with Crippen LogP contribution in [0.3, 0.4) is 0 Å². The highest BCUT2D eigenvalue weighted by molar-refractivity contribution is 6.44. The first kappa shape index (κ1) is 21.8. The molecular formula is C23H34N4O5. The summed E-state index contributed by atoms with van der Waals surface area (Å²) in [7, 11) is 0. The number of hydrogen-bond acceptors (Lipinski definition) is 6. The first-order valence-electron chi connectivity index (χ1n) is 12.2. The third-order valence-electron chi connectivity index (χ3n) is 8.42. The van der Waals surface area contributed by atoms with Gasteiger partial charge in [0.15, 0.2) is 0 Å². The van der Waals surface area contributed by atoms with Gasteiger partial charge in [0.05, 0.1) is 25.8 Å². The molecule has 176 valence electrons. The largest absolute Gasteiger partial charge is 0.378 e. The van der Waals surface area contributed by atoms with E-state index in [1.165, 1.54) is 24.2 Å². The van der Waals surface area contributed by atoms with Crippen LogP contribution in [0, 0.1) is 23.7 Å². The van der Waals surface area contributed by atoms with Crippen molar-refractivity contribution in [2.45, 2.75) is 51.5 Å². The fraction of sp³-hybridized carbons (Fsp3) is 0.826. The van der Waals surface area contributed by atoms with Gasteiger partial charge >= 0.3 is 17.8 Å². The molecule has 2 bridgehead atoms. The predicted octanol–water partition coefficient (Wildman–Crippen LogP) is 1.13. The smallest absolute Gasteiger partial charge is 0.335 e. The standard InChI is InChI=1S/C23H34N4O5/c1-15(19-12-16-4-5-17(19)11-16)27-22(30)21(29)26(23(27)31)14-24-6-2-3-18(13-24)20(28)25-7-9-32-10-8-25/h15-19H,2-14H2,1H3. The zero-order valence-electron chi connectivity index (χ0n) is 18.9. The molecule has 5 fully saturated rings. The van der Waals surface area contributed by atoms with E-state index >= 15 is 0 Å². The van der Waals surface area contributed by atoms with Gasteiger partial charge in [0.1, 0.15) is 0 Å². The topological polar surface area (TPSA) is 90.5 Å². The monoisotopic (exact) mass is 446 g/mol. The second-order valence-electron chi connectivity index (χ2n) is 10.3. The number of imide groups is 2. The Kier molecular flexibility index (Phi) is 5.96. The molecule has 5 amide bonds. The highest BCUT2D eigenvalue weighted by Crippen LogP contribution is 2.50. The van der Waals surface area contributed by atoms with Crippen LogP contribution < -0.4 is 0 Å². The Morgan fingerprint density at radius 1 is 1.03 bits per heavy atom. The van der Waals surface area contributed by atoms with Crippen molar-refractivity contribution in [1.29, 1.82) is 0 Å². The minimum Gasteiger partial charge on any atom is -0.378 e. The molecule has 3 saturated heterocycles. The molecular weight excluding hydrogens is 412 g/mol. The van der Waals surface area contributed by atoms with Gasteiger partial charge in [0, 0.05) is 25.7 Å². The number of nitrogens with zero attached hydrogens (tertiary/aromatic N) is 4. The lowest BCUT2D eigenvalue weighted by atomic mass is 9.83. The number of carbonyl (C=O) groups is 4. The quantitative estimate of drug-likeness (QED) is 0.465. The Balaban J connectivity index is 1.22. The number of piperidine rings is 1. The van der Waals surface area contributed by atoms with Crippen LogP contribution in [-0.2, 0) is 19.1 Å². The summed E-state index contributed by atoms with van der Waals surface area (Å²) >= 11 is 0. The van der Waals surface area contributed by atoms with E-state index < -0.39 is 17.8 Å². The fourth-order valence-electron chi connectivity index (χ4n) is 6.71. The molecule has 0 aromatic heterocycles. The molecule has 5 aliphatic rings. The first-order valence-corrected chi connectivity index (χ1v) is 12.2. The molecule has 3 aliphatic heterocycles. The Hall–Kier alpha value is -2.00. The Morgan fingerprint density at radius 2 is 1.81 bits per heavy atom. The lowest BCUT2D eigenvalue weighted by Crippen LogP contribution is -2.51. The third kappa shape index (κ3) is 3.83. The van der Waals surface area contributed by atoms with Crippen LogP contribution in [0.1, 0.15) is 45.4 Å². The van der Waals surface area contributed by atoms with E-state index in [0.29, 0.717) is 57.1 Å². The molecule has 0 spiro atoms. The van der Waals surface area contributed by atoms with Crippen molar-refractivity contribution in [3.63, 3.8) is 0 Å². The summed E-state index contributed by atoms with van der Waals surface area (Å²) in [5, 5.41) is 0. The molecule has 5 unspecified atom stereocenters. The number of hydrogen-bond donors (Lipinski definition) is 0. The molecule has 2 aliphatic carbocycles. The van der Waals surface area contributed by atoms with E-state index in [1.54, 1.807) is 0 Å². The van der Waals surface area contributed by atoms with Crippen molar-refractivity contribution in [3.8, 4) is 0 Å². The maximum absolute atomic E-state index is 13.2. The predicted molar refractivity (Wildman–Crippen MR) is 114 cm³/mol. The average Bonchev–Trinajstić information content (AvgIpc) is 3.50. The van der Waals surface area contributed by atoms with E-state index in [4.69, 9.17) is 4.74 Å². The van der Waals surface area contributed by atoms with Crippen molar-refractivity contribution in [1.82, 2.24) is 19.6 Å². The summed E-state index contributed by atoms with van der Waals surface area (Å²) in [4.78, 5) is 57.7. The van der Waals surface area contributed by atoms with E-state index in [1.807, 2.05) is 16.7 Å². The van der Waals surface area contributed by atoms with Crippen molar-refractivity contribution >= 4 is 23.8 Å². The van der Waals surface area contributed by atoms with Crippen molar-refractivity contribution in [2.75, 3.05) is 46.1 Å². The normalized spacial score (nSPS) is 34.7. The van der Waals surface area contributed by atoms with Crippen molar-refractivity contribution < 1.29 is 23.9 Å². The minimum absolute atomic E-state index is 0.0796. The van der Waals surface area contributed by atoms with Gasteiger partial charge in [-0.05, 0) is 63.3 Å². The zero-order valence-corrected chi connectivity index (χ0v) is 18.9. The summed E-state index contributed by atoms with van der Waals surface area (Å²) in [6, 6.07) is -0.729. The number of urea groups is 1. The number of fused-ring (bicyclic) bond motifs is 2. The maximum Gasteiger partial charge on any atom is 0.335 e. The van der Waals surface area contributed by atoms with Crippen LogP contribution in [0.2, 0.25) is 0 Å². The molecule has 3 heterocycles. The van der Waals surface area contributed by atoms with Crippen molar-refractivity contribution in [2.24, 2.45) is 23.7 Å². The van der Waals surface area contributed by atoms with E-state index in [0.717, 1.165) is 24.2 Å². The van der Waals surface area contributed by atoms with Crippen molar-refractivity contribution in [3.05, 3.63) is 0 Å². The summed E-state index contributed by atoms with van der Waals surface area (Å²) in [6.07, 6.45) is 6.29. The van der Waals surface area contributed by atoms with Gasteiger partial charge in [-0.3, -0.25) is 24.2 Å². The van der Waals surface area contributed by atoms with Gasteiger partial charge in [-0.15, -0.1) is 0 Å². The summed E-state index contributed by atoms with van der Waals surface area (Å²) < 4.78 is 5.34. The average molecular weight is 447 g/mol. The molecule has 5 atom stereocenters. The lowest BCUT2D eigenvalue weighted by molar-refractivity contribution is -0.145. The minimum atomic E-state index is -0.730. The van der Waals surface area contributed by atoms with Gasteiger partial charge < -0.3 is 9.64 Å². The summed E-state index contributed by atoms with van der Waals surface area (Å²) in [5.41, 5.74) is 0. The first-order chi connectivity index (χ1) is 15.4. The molecule has 0 radical (unpaired) electrons. The second kappa shape index (κ2) is 8.74. The number of carbonyl (C=O) groups excluding carboxylic acids is 4. The Morgan fingerprint density at radius 3 is 2.50 bits per heavy atom. The SMILES string of the molecule is CC(C1CC2CCC1C2)N1C(=O)C(=O)N(CN2CCCC(C(=O)N3CCOCC3)C2)C1=O. The number of rotatable bonds is 5. The molecule has 0 aromatic carbocycles. The van der Waals surface area contributed by atoms with Gasteiger partial charge in [0.25, 0.3) is 0 Å². The van der Waals surface area contributed by atoms with Gasteiger partial charge in [0.2, 0.25) is 5.91 Å². The van der Waals surface area contributed by atoms with Gasteiger partial charge in [-0.25, -0.2) is 9.69 Å². The summed E-state index contributed by atoms with van der Waals surface area (Å²) in [6.45, 7) is 5.58. The highest BCUT2D eigenvalue weighted by atomic mass is 16.5. The van der Waals surface area contributed by atoms with E-state index in [9.17, 15) is 19.2 Å². The second-order valence-corrected chi connectivity index (χ2v) is 10.3. The van der Waals surface area contributed by atoms with Crippen LogP contribution in [-0.4, -0.2) is 95.5 Å². The molecule has 5 rings (SSSR count). The van der Waals surface area contributed by atoms with Crippen LogP contribution in [0.25, 0.3) is 0 Å². The Bertz CT molecular complexity index is 797. The number of morpholine rings is 1. The molecule has 0 aromatic rings. The zero-order chi connectivity index (χ0) is 22.4. The molecule has 0 N–H and O–H groups in total. The maximum atomic E-state index is 13.2. The molecule has 9 nitrogen and oxygen atoms in total. The van der Waals surface area contributed by atoms with E-state index in [-0.39, 0.29) is 24.5 Å². The van der Waals surface area contributed by atoms with Crippen LogP contribution >= 0.6 is 0 Å². The summed E-state index contributed by atoms with van der Waals surface area (Å²) in [5.74, 6) is 0.138. The molecule has 9 heteroatoms. The van der Waals surface area contributed by atoms with Crippen LogP contribution in [0.15, 0.2) is 0 Å². The lowest BCUT2D eigenvalue weighted by Gasteiger charge is -2.37. The van der Waals surface area contributed by atoms with Crippen LogP contribution in [0.4, 0.5) is 4.79 Å².